The molecule has 0 saturated heterocycles. The van der Waals surface area contributed by atoms with Crippen molar-refractivity contribution in [2.45, 2.75) is 39.5 Å². The lowest BCUT2D eigenvalue weighted by Crippen LogP contribution is -2.20. The number of hydrogen-bond donors (Lipinski definition) is 0. The topological polar surface area (TPSA) is 46.5 Å². The fourth-order valence-electron chi connectivity index (χ4n) is 2.23. The fourth-order valence-corrected chi connectivity index (χ4v) is 3.83. The third-order valence-corrected chi connectivity index (χ3v) is 4.33. The zero-order valence-corrected chi connectivity index (χ0v) is 11.6. The number of sulfonamides is 1. The monoisotopic (exact) mass is 251 g/mol. The van der Waals surface area contributed by atoms with Crippen LogP contribution in [0.5, 0.6) is 0 Å². The fraction of sp³-hybridized carbons (Fsp3) is 0.462. The first-order valence-electron chi connectivity index (χ1n) is 5.60. The van der Waals surface area contributed by atoms with Crippen LogP contribution in [0.4, 0.5) is 0 Å². The molecule has 0 aliphatic carbocycles. The van der Waals surface area contributed by atoms with Crippen LogP contribution in [0, 0.1) is 19.3 Å². The minimum Gasteiger partial charge on any atom is -0.199 e. The van der Waals surface area contributed by atoms with Crippen molar-refractivity contribution in [3.63, 3.8) is 0 Å². The summed E-state index contributed by atoms with van der Waals surface area (Å²) in [6.07, 6.45) is 0. The number of fused-ring (bicyclic) bond motifs is 1. The molecule has 0 unspecified atom stereocenters. The van der Waals surface area contributed by atoms with Crippen LogP contribution in [-0.4, -0.2) is 14.1 Å². The summed E-state index contributed by atoms with van der Waals surface area (Å²) in [5.41, 5.74) is 3.02. The van der Waals surface area contributed by atoms with Crippen LogP contribution in [0.25, 0.3) is 0 Å². The van der Waals surface area contributed by atoms with Crippen molar-refractivity contribution >= 4 is 15.7 Å². The predicted molar refractivity (Wildman–Crippen MR) is 69.1 cm³/mol. The Bertz CT molecular complexity index is 620. The van der Waals surface area contributed by atoms with Gasteiger partial charge in [-0.25, -0.2) is 0 Å². The molecule has 2 rings (SSSR count). The minimum atomic E-state index is -3.50. The third-order valence-electron chi connectivity index (χ3n) is 2.85. The molecule has 0 bridgehead atoms. The van der Waals surface area contributed by atoms with E-state index in [0.717, 1.165) is 16.7 Å². The van der Waals surface area contributed by atoms with E-state index in [0.29, 0.717) is 10.6 Å². The Balaban J connectivity index is 2.84. The maximum atomic E-state index is 12.1. The van der Waals surface area contributed by atoms with Crippen molar-refractivity contribution in [1.82, 2.24) is 0 Å². The first-order chi connectivity index (χ1) is 7.63. The number of aryl methyl sites for hydroxylation is 2. The molecule has 4 heteroatoms. The summed E-state index contributed by atoms with van der Waals surface area (Å²) >= 11 is 0. The summed E-state index contributed by atoms with van der Waals surface area (Å²) in [6.45, 7) is 9.74. The third kappa shape index (κ3) is 1.90. The van der Waals surface area contributed by atoms with Crippen molar-refractivity contribution in [1.29, 1.82) is 0 Å². The lowest BCUT2D eigenvalue weighted by Gasteiger charge is -2.19. The van der Waals surface area contributed by atoms with Crippen LogP contribution >= 0.6 is 0 Å². The van der Waals surface area contributed by atoms with Crippen molar-refractivity contribution in [2.75, 3.05) is 0 Å². The lowest BCUT2D eigenvalue weighted by molar-refractivity contribution is 0.589. The second kappa shape index (κ2) is 3.42. The van der Waals surface area contributed by atoms with Gasteiger partial charge in [0.2, 0.25) is 0 Å². The lowest BCUT2D eigenvalue weighted by atomic mass is 9.85. The zero-order valence-electron chi connectivity index (χ0n) is 10.8. The van der Waals surface area contributed by atoms with Crippen molar-refractivity contribution in [3.05, 3.63) is 28.8 Å². The Labute approximate surface area is 103 Å². The van der Waals surface area contributed by atoms with Gasteiger partial charge in [0.25, 0.3) is 10.0 Å². The van der Waals surface area contributed by atoms with E-state index in [1.807, 2.05) is 46.8 Å². The second-order valence-electron chi connectivity index (χ2n) is 5.62. The summed E-state index contributed by atoms with van der Waals surface area (Å²) in [5, 5.41) is 0. The molecule has 1 aromatic rings. The largest absolute Gasteiger partial charge is 0.283 e. The van der Waals surface area contributed by atoms with Gasteiger partial charge in [-0.2, -0.15) is 12.8 Å². The predicted octanol–water partition coefficient (Wildman–Crippen LogP) is 2.84. The maximum Gasteiger partial charge on any atom is 0.283 e. The van der Waals surface area contributed by atoms with E-state index in [1.54, 1.807) is 0 Å². The molecule has 1 aromatic carbocycles. The molecule has 0 N–H and O–H groups in total. The molecule has 0 radical (unpaired) electrons. The Kier molecular flexibility index (Phi) is 2.47. The van der Waals surface area contributed by atoms with Gasteiger partial charge < -0.3 is 0 Å². The van der Waals surface area contributed by atoms with Crippen molar-refractivity contribution in [3.8, 4) is 0 Å². The average Bonchev–Trinajstić information content (AvgIpc) is 2.36. The second-order valence-corrected chi connectivity index (χ2v) is 7.16. The average molecular weight is 251 g/mol. The molecule has 0 amide bonds. The van der Waals surface area contributed by atoms with E-state index in [2.05, 4.69) is 4.40 Å². The SMILES string of the molecule is Cc1cc(C)c2c(c1)C(C(C)(C)C)=NS2(=O)=O. The van der Waals surface area contributed by atoms with Gasteiger partial charge in [0.05, 0.1) is 5.71 Å². The number of benzene rings is 1. The summed E-state index contributed by atoms with van der Waals surface area (Å²) in [5.74, 6) is 0. The molecule has 1 aliphatic heterocycles. The summed E-state index contributed by atoms with van der Waals surface area (Å²) in [4.78, 5) is 0.382. The molecule has 0 saturated carbocycles. The first kappa shape index (κ1) is 12.3. The highest BCUT2D eigenvalue weighted by atomic mass is 32.2. The zero-order chi connectivity index (χ0) is 13.0. The summed E-state index contributed by atoms with van der Waals surface area (Å²) < 4.78 is 28.1. The van der Waals surface area contributed by atoms with Crippen molar-refractivity contribution in [2.24, 2.45) is 9.81 Å². The molecular weight excluding hydrogens is 234 g/mol. The Morgan fingerprint density at radius 3 is 2.24 bits per heavy atom. The highest BCUT2D eigenvalue weighted by Gasteiger charge is 2.36. The maximum absolute atomic E-state index is 12.1. The van der Waals surface area contributed by atoms with E-state index in [1.165, 1.54) is 0 Å². The van der Waals surface area contributed by atoms with E-state index in [9.17, 15) is 8.42 Å². The quantitative estimate of drug-likeness (QED) is 0.711. The normalized spacial score (nSPS) is 17.8. The molecule has 0 spiro atoms. The molecule has 1 heterocycles. The Morgan fingerprint density at radius 2 is 1.71 bits per heavy atom. The van der Waals surface area contributed by atoms with Gasteiger partial charge in [0, 0.05) is 11.0 Å². The highest BCUT2D eigenvalue weighted by Crippen LogP contribution is 2.36. The molecule has 0 atom stereocenters. The van der Waals surface area contributed by atoms with Gasteiger partial charge in [0.15, 0.2) is 0 Å². The van der Waals surface area contributed by atoms with Crippen LogP contribution in [-0.2, 0) is 10.0 Å². The van der Waals surface area contributed by atoms with Crippen LogP contribution in [0.15, 0.2) is 21.4 Å². The molecule has 0 fully saturated rings. The van der Waals surface area contributed by atoms with Crippen molar-refractivity contribution < 1.29 is 8.42 Å². The molecule has 1 aliphatic rings. The first-order valence-corrected chi connectivity index (χ1v) is 7.04. The van der Waals surface area contributed by atoms with Gasteiger partial charge in [-0.1, -0.05) is 32.4 Å². The van der Waals surface area contributed by atoms with E-state index >= 15 is 0 Å². The molecular formula is C13H17NO2S. The van der Waals surface area contributed by atoms with E-state index < -0.39 is 10.0 Å². The van der Waals surface area contributed by atoms with Gasteiger partial charge in [-0.15, -0.1) is 0 Å². The molecule has 3 nitrogen and oxygen atoms in total. The van der Waals surface area contributed by atoms with E-state index in [4.69, 9.17) is 0 Å². The molecule has 92 valence electrons. The standard InChI is InChI=1S/C13H17NO2S/c1-8-6-9(2)11-10(7-8)12(13(3,4)5)14-17(11,15)16/h6-7H,1-5H3. The van der Waals surface area contributed by atoms with E-state index in [-0.39, 0.29) is 5.41 Å². The Morgan fingerprint density at radius 1 is 1.12 bits per heavy atom. The Hall–Kier alpha value is -1.16. The van der Waals surface area contributed by atoms with Crippen LogP contribution < -0.4 is 0 Å². The summed E-state index contributed by atoms with van der Waals surface area (Å²) in [7, 11) is -3.50. The molecule has 0 aromatic heterocycles. The smallest absolute Gasteiger partial charge is 0.199 e. The summed E-state index contributed by atoms with van der Waals surface area (Å²) in [6, 6.07) is 3.80. The molecule has 17 heavy (non-hydrogen) atoms. The van der Waals surface area contributed by atoms with Gasteiger partial charge in [-0.05, 0) is 25.5 Å². The number of rotatable bonds is 0. The van der Waals surface area contributed by atoms with Gasteiger partial charge in [0.1, 0.15) is 4.90 Å². The van der Waals surface area contributed by atoms with Crippen LogP contribution in [0.2, 0.25) is 0 Å². The van der Waals surface area contributed by atoms with Crippen LogP contribution in [0.3, 0.4) is 0 Å². The highest BCUT2D eigenvalue weighted by molar-refractivity contribution is 7.90. The minimum absolute atomic E-state index is 0.265. The van der Waals surface area contributed by atoms with Gasteiger partial charge >= 0.3 is 0 Å². The number of hydrogen-bond acceptors (Lipinski definition) is 2. The van der Waals surface area contributed by atoms with Gasteiger partial charge in [-0.3, -0.25) is 0 Å². The number of nitrogens with zero attached hydrogens (tertiary/aromatic N) is 1. The van der Waals surface area contributed by atoms with Crippen LogP contribution in [0.1, 0.15) is 37.5 Å².